The Morgan fingerprint density at radius 3 is 2.25 bits per heavy atom. The van der Waals surface area contributed by atoms with Gasteiger partial charge in [-0.15, -0.1) is 0 Å². The molecule has 2 aliphatic rings. The third-order valence-electron chi connectivity index (χ3n) is 4.69. The fourth-order valence-electron chi connectivity index (χ4n) is 3.55. The Kier molecular flexibility index (Phi) is 6.36. The number of fused-ring (bicyclic) bond motifs is 3. The summed E-state index contributed by atoms with van der Waals surface area (Å²) in [4.78, 5) is 4.94. The highest BCUT2D eigenvalue weighted by molar-refractivity contribution is 6.04. The van der Waals surface area contributed by atoms with Crippen molar-refractivity contribution in [3.8, 4) is 0 Å². The van der Waals surface area contributed by atoms with Crippen LogP contribution in [0.5, 0.6) is 0 Å². The molecule has 3 nitrogen and oxygen atoms in total. The lowest BCUT2D eigenvalue weighted by molar-refractivity contribution is 0.678. The Balaban J connectivity index is 0.000000487. The number of nitrogens with two attached hydrogens (primary N) is 1. The Bertz CT molecular complexity index is 715. The van der Waals surface area contributed by atoms with Crippen LogP contribution in [0.15, 0.2) is 12.1 Å². The van der Waals surface area contributed by atoms with Crippen molar-refractivity contribution in [2.45, 2.75) is 72.1 Å². The smallest absolute Gasteiger partial charge is 0.0716 e. The predicted molar refractivity (Wildman–Crippen MR) is 105 cm³/mol. The first-order valence-corrected chi connectivity index (χ1v) is 9.54. The number of anilines is 1. The molecule has 1 aromatic heterocycles. The normalized spacial score (nSPS) is 15.5. The molecule has 130 valence electrons. The second-order valence-electron chi connectivity index (χ2n) is 6.04. The Hall–Kier alpha value is -1.90. The molecule has 1 heterocycles. The first kappa shape index (κ1) is 18.4. The van der Waals surface area contributed by atoms with Gasteiger partial charge in [-0.2, -0.15) is 0 Å². The number of nitrogens with one attached hydrogen (secondary N) is 1. The summed E-state index contributed by atoms with van der Waals surface area (Å²) < 4.78 is 0. The van der Waals surface area contributed by atoms with Crippen molar-refractivity contribution in [1.29, 1.82) is 5.41 Å². The highest BCUT2D eigenvalue weighted by Gasteiger charge is 2.31. The van der Waals surface area contributed by atoms with Crippen LogP contribution in [0.25, 0.3) is 10.9 Å². The predicted octanol–water partition coefficient (Wildman–Crippen LogP) is 5.62. The van der Waals surface area contributed by atoms with Crippen LogP contribution in [0.4, 0.5) is 5.69 Å². The van der Waals surface area contributed by atoms with Crippen molar-refractivity contribution >= 4 is 22.8 Å². The van der Waals surface area contributed by atoms with Gasteiger partial charge in [0, 0.05) is 34.5 Å². The summed E-state index contributed by atoms with van der Waals surface area (Å²) in [5.74, 6) is 0.687. The van der Waals surface area contributed by atoms with Gasteiger partial charge >= 0.3 is 0 Å². The lowest BCUT2D eigenvalue weighted by Crippen LogP contribution is -2.11. The van der Waals surface area contributed by atoms with Crippen molar-refractivity contribution in [3.05, 3.63) is 34.5 Å². The molecule has 2 aromatic rings. The number of aromatic nitrogens is 1. The summed E-state index contributed by atoms with van der Waals surface area (Å²) in [5, 5.41) is 8.84. The van der Waals surface area contributed by atoms with Crippen LogP contribution in [0.3, 0.4) is 0 Å². The van der Waals surface area contributed by atoms with E-state index in [1.165, 1.54) is 48.7 Å². The highest BCUT2D eigenvalue weighted by atomic mass is 14.7. The van der Waals surface area contributed by atoms with Crippen LogP contribution in [0.1, 0.15) is 81.7 Å². The molecule has 0 aliphatic heterocycles. The molecule has 0 radical (unpaired) electrons. The van der Waals surface area contributed by atoms with Gasteiger partial charge in [0.1, 0.15) is 0 Å². The Morgan fingerprint density at radius 1 is 1.04 bits per heavy atom. The summed E-state index contributed by atoms with van der Waals surface area (Å²) in [6, 6.07) is 3.92. The number of rotatable bonds is 2. The minimum atomic E-state index is 0.687. The number of nitrogens with zero attached hydrogens (tertiary/aromatic N) is 1. The number of benzene rings is 1. The minimum absolute atomic E-state index is 0.687. The van der Waals surface area contributed by atoms with E-state index < -0.39 is 0 Å². The molecule has 3 N–H and O–H groups in total. The molecule has 0 saturated heterocycles. The third-order valence-corrected chi connectivity index (χ3v) is 4.69. The van der Waals surface area contributed by atoms with Gasteiger partial charge in [0.15, 0.2) is 0 Å². The standard InChI is InChI=1S/C17H19N3.2C2H6/c18-9-13-14(19)7-8-15-16(13)11-3-1-2-4-12(11)17(20-15)10-5-6-10;2*1-2/h7-10,18H,1-6,19H2;2*1-2H3. The molecule has 1 fully saturated rings. The Morgan fingerprint density at radius 2 is 1.67 bits per heavy atom. The fraction of sp³-hybridized carbons (Fsp3) is 0.524. The number of pyridine rings is 1. The zero-order chi connectivity index (χ0) is 17.7. The van der Waals surface area contributed by atoms with Gasteiger partial charge in [-0.1, -0.05) is 27.7 Å². The number of hydrogen-bond acceptors (Lipinski definition) is 3. The van der Waals surface area contributed by atoms with Crippen molar-refractivity contribution in [1.82, 2.24) is 4.98 Å². The van der Waals surface area contributed by atoms with E-state index in [9.17, 15) is 0 Å². The lowest BCUT2D eigenvalue weighted by atomic mass is 9.85. The summed E-state index contributed by atoms with van der Waals surface area (Å²) in [6.07, 6.45) is 8.74. The lowest BCUT2D eigenvalue weighted by Gasteiger charge is -2.22. The maximum Gasteiger partial charge on any atom is 0.0716 e. The molecule has 0 spiro atoms. The van der Waals surface area contributed by atoms with E-state index in [0.29, 0.717) is 11.6 Å². The van der Waals surface area contributed by atoms with Gasteiger partial charge in [0.2, 0.25) is 0 Å². The highest BCUT2D eigenvalue weighted by Crippen LogP contribution is 2.44. The van der Waals surface area contributed by atoms with Gasteiger partial charge in [-0.25, -0.2) is 0 Å². The maximum atomic E-state index is 7.70. The average molecular weight is 326 g/mol. The molecule has 0 bridgehead atoms. The van der Waals surface area contributed by atoms with Crippen molar-refractivity contribution in [2.24, 2.45) is 0 Å². The zero-order valence-electron chi connectivity index (χ0n) is 15.6. The van der Waals surface area contributed by atoms with Crippen LogP contribution in [-0.4, -0.2) is 11.2 Å². The van der Waals surface area contributed by atoms with Crippen LogP contribution in [-0.2, 0) is 12.8 Å². The first-order chi connectivity index (χ1) is 11.8. The van der Waals surface area contributed by atoms with E-state index in [2.05, 4.69) is 0 Å². The fourth-order valence-corrected chi connectivity index (χ4v) is 3.55. The second-order valence-corrected chi connectivity index (χ2v) is 6.04. The molecule has 1 saturated carbocycles. The molecule has 0 atom stereocenters. The summed E-state index contributed by atoms with van der Waals surface area (Å²) in [6.45, 7) is 8.00. The van der Waals surface area contributed by atoms with Crippen LogP contribution in [0, 0.1) is 5.41 Å². The van der Waals surface area contributed by atoms with E-state index in [1.807, 2.05) is 39.8 Å². The molecule has 3 heteroatoms. The minimum Gasteiger partial charge on any atom is -0.398 e. The van der Waals surface area contributed by atoms with Gasteiger partial charge in [0.05, 0.1) is 5.52 Å². The largest absolute Gasteiger partial charge is 0.398 e. The number of aryl methyl sites for hydroxylation is 1. The Labute approximate surface area is 146 Å². The molecule has 24 heavy (non-hydrogen) atoms. The summed E-state index contributed by atoms with van der Waals surface area (Å²) >= 11 is 0. The molecule has 0 unspecified atom stereocenters. The summed E-state index contributed by atoms with van der Waals surface area (Å²) in [5.41, 5.74) is 12.9. The van der Waals surface area contributed by atoms with Crippen LogP contribution < -0.4 is 5.73 Å². The van der Waals surface area contributed by atoms with Crippen LogP contribution in [0.2, 0.25) is 0 Å². The first-order valence-electron chi connectivity index (χ1n) is 9.54. The second kappa shape index (κ2) is 8.27. The van der Waals surface area contributed by atoms with E-state index in [1.54, 1.807) is 0 Å². The number of hydrogen-bond donors (Lipinski definition) is 2. The molecular formula is C21H31N3. The van der Waals surface area contributed by atoms with E-state index >= 15 is 0 Å². The van der Waals surface area contributed by atoms with E-state index in [0.717, 1.165) is 29.3 Å². The third kappa shape index (κ3) is 3.31. The average Bonchev–Trinajstić information content (AvgIpc) is 3.49. The van der Waals surface area contributed by atoms with Gasteiger partial charge < -0.3 is 11.1 Å². The van der Waals surface area contributed by atoms with Crippen molar-refractivity contribution in [3.63, 3.8) is 0 Å². The van der Waals surface area contributed by atoms with Crippen molar-refractivity contribution in [2.75, 3.05) is 5.73 Å². The van der Waals surface area contributed by atoms with E-state index in [4.69, 9.17) is 16.1 Å². The summed E-state index contributed by atoms with van der Waals surface area (Å²) in [7, 11) is 0. The molecule has 1 aromatic carbocycles. The monoisotopic (exact) mass is 325 g/mol. The van der Waals surface area contributed by atoms with Gasteiger partial charge in [0.25, 0.3) is 0 Å². The molecule has 4 rings (SSSR count). The topological polar surface area (TPSA) is 62.8 Å². The maximum absolute atomic E-state index is 7.70. The molecule has 0 amide bonds. The zero-order valence-corrected chi connectivity index (χ0v) is 15.6. The van der Waals surface area contributed by atoms with E-state index in [-0.39, 0.29) is 0 Å². The number of nitrogen functional groups attached to an aromatic ring is 1. The molecular weight excluding hydrogens is 294 g/mol. The van der Waals surface area contributed by atoms with Crippen molar-refractivity contribution < 1.29 is 0 Å². The quantitative estimate of drug-likeness (QED) is 0.555. The molecule has 2 aliphatic carbocycles. The van der Waals surface area contributed by atoms with Gasteiger partial charge in [-0.05, 0) is 61.8 Å². The SMILES string of the molecule is CC.CC.N=Cc1c(N)ccc2nc(C3CC3)c3c(c12)CCCC3. The van der Waals surface area contributed by atoms with Crippen LogP contribution >= 0.6 is 0 Å². The van der Waals surface area contributed by atoms with Gasteiger partial charge in [-0.3, -0.25) is 4.98 Å².